The second kappa shape index (κ2) is 5.46. The van der Waals surface area contributed by atoms with Crippen LogP contribution < -0.4 is 11.0 Å². The molecule has 0 radical (unpaired) electrons. The van der Waals surface area contributed by atoms with E-state index < -0.39 is 5.97 Å². The molecule has 0 aromatic carbocycles. The normalized spacial score (nSPS) is 10.9. The number of fused-ring (bicyclic) bond motifs is 1. The maximum Gasteiger partial charge on any atom is 0.350 e. The van der Waals surface area contributed by atoms with Crippen molar-refractivity contribution < 1.29 is 9.90 Å². The van der Waals surface area contributed by atoms with Gasteiger partial charge < -0.3 is 10.4 Å². The van der Waals surface area contributed by atoms with Crippen molar-refractivity contribution in [1.29, 1.82) is 0 Å². The summed E-state index contributed by atoms with van der Waals surface area (Å²) in [4.78, 5) is 22.1. The molecule has 0 unspecified atom stereocenters. The van der Waals surface area contributed by atoms with E-state index in [2.05, 4.69) is 10.4 Å². The van der Waals surface area contributed by atoms with Crippen LogP contribution in [-0.2, 0) is 11.3 Å². The standard InChI is InChI=1S/C11H14N4O3/c16-10(17)4-5-12-6-8-15-11(18)14-7-2-1-3-9(14)13-15/h1-3,7,12H,4-6,8H2,(H,16,17). The molecule has 2 aromatic rings. The molecule has 0 bridgehead atoms. The third-order valence-corrected chi connectivity index (χ3v) is 2.50. The number of rotatable bonds is 6. The van der Waals surface area contributed by atoms with E-state index in [0.29, 0.717) is 25.3 Å². The Hall–Kier alpha value is -2.15. The van der Waals surface area contributed by atoms with Crippen LogP contribution in [0.3, 0.4) is 0 Å². The minimum atomic E-state index is -0.840. The SMILES string of the molecule is O=C(O)CCNCCn1nc2ccccn2c1=O. The first kappa shape index (κ1) is 12.3. The zero-order chi connectivity index (χ0) is 13.0. The van der Waals surface area contributed by atoms with Crippen molar-refractivity contribution in [3.8, 4) is 0 Å². The third-order valence-electron chi connectivity index (χ3n) is 2.50. The van der Waals surface area contributed by atoms with Gasteiger partial charge in [0.05, 0.1) is 13.0 Å². The van der Waals surface area contributed by atoms with Gasteiger partial charge in [0.25, 0.3) is 0 Å². The van der Waals surface area contributed by atoms with E-state index in [-0.39, 0.29) is 12.1 Å². The smallest absolute Gasteiger partial charge is 0.350 e. The Bertz CT molecular complexity index is 602. The summed E-state index contributed by atoms with van der Waals surface area (Å²) in [6.07, 6.45) is 1.74. The fourth-order valence-corrected chi connectivity index (χ4v) is 1.62. The van der Waals surface area contributed by atoms with Gasteiger partial charge >= 0.3 is 11.7 Å². The van der Waals surface area contributed by atoms with Crippen LogP contribution in [0.2, 0.25) is 0 Å². The average molecular weight is 250 g/mol. The quantitative estimate of drug-likeness (QED) is 0.678. The van der Waals surface area contributed by atoms with Gasteiger partial charge in [0.15, 0.2) is 5.65 Å². The van der Waals surface area contributed by atoms with E-state index in [1.54, 1.807) is 18.3 Å². The molecular formula is C11H14N4O3. The molecule has 18 heavy (non-hydrogen) atoms. The van der Waals surface area contributed by atoms with Crippen molar-refractivity contribution in [2.45, 2.75) is 13.0 Å². The topological polar surface area (TPSA) is 88.6 Å². The average Bonchev–Trinajstić information content (AvgIpc) is 2.66. The fraction of sp³-hybridized carbons (Fsp3) is 0.364. The van der Waals surface area contributed by atoms with Crippen molar-refractivity contribution >= 4 is 11.6 Å². The first-order valence-corrected chi connectivity index (χ1v) is 5.65. The highest BCUT2D eigenvalue weighted by Crippen LogP contribution is 1.94. The van der Waals surface area contributed by atoms with Gasteiger partial charge in [0.1, 0.15) is 0 Å². The molecule has 7 heteroatoms. The number of aromatic nitrogens is 3. The predicted octanol–water partition coefficient (Wildman–Crippen LogP) is -0.440. The summed E-state index contributed by atoms with van der Waals surface area (Å²) in [6.45, 7) is 1.31. The molecule has 0 amide bonds. The lowest BCUT2D eigenvalue weighted by atomic mass is 10.4. The molecule has 2 heterocycles. The number of aliphatic carboxylic acids is 1. The highest BCUT2D eigenvalue weighted by molar-refractivity contribution is 5.66. The summed E-state index contributed by atoms with van der Waals surface area (Å²) in [6, 6.07) is 5.35. The fourth-order valence-electron chi connectivity index (χ4n) is 1.62. The third kappa shape index (κ3) is 2.75. The molecule has 2 N–H and O–H groups in total. The molecule has 2 aromatic heterocycles. The number of hydrogen-bond donors (Lipinski definition) is 2. The second-order valence-corrected chi connectivity index (χ2v) is 3.83. The molecule has 0 spiro atoms. The molecule has 0 aliphatic carbocycles. The van der Waals surface area contributed by atoms with E-state index in [1.807, 2.05) is 6.07 Å². The molecule has 7 nitrogen and oxygen atoms in total. The van der Waals surface area contributed by atoms with Crippen molar-refractivity contribution in [2.75, 3.05) is 13.1 Å². The van der Waals surface area contributed by atoms with E-state index in [0.717, 1.165) is 0 Å². The summed E-state index contributed by atoms with van der Waals surface area (Å²) < 4.78 is 2.83. The van der Waals surface area contributed by atoms with Crippen molar-refractivity contribution in [3.63, 3.8) is 0 Å². The molecule has 0 saturated carbocycles. The van der Waals surface area contributed by atoms with E-state index in [1.165, 1.54) is 9.08 Å². The Morgan fingerprint density at radius 3 is 2.94 bits per heavy atom. The number of carbonyl (C=O) groups is 1. The lowest BCUT2D eigenvalue weighted by molar-refractivity contribution is -0.136. The van der Waals surface area contributed by atoms with Crippen LogP contribution in [-0.4, -0.2) is 38.3 Å². The summed E-state index contributed by atoms with van der Waals surface area (Å²) in [5, 5.41) is 15.6. The highest BCUT2D eigenvalue weighted by Gasteiger charge is 2.04. The number of carboxylic acid groups (broad SMARTS) is 1. The Morgan fingerprint density at radius 2 is 2.22 bits per heavy atom. The van der Waals surface area contributed by atoms with Gasteiger partial charge in [-0.3, -0.25) is 9.20 Å². The van der Waals surface area contributed by atoms with Crippen molar-refractivity contribution in [3.05, 3.63) is 34.9 Å². The number of hydrogen-bond acceptors (Lipinski definition) is 4. The molecule has 0 aliphatic rings. The number of carboxylic acids is 1. The summed E-state index contributed by atoms with van der Waals surface area (Å²) in [5.41, 5.74) is 0.415. The van der Waals surface area contributed by atoms with Crippen LogP contribution in [0.25, 0.3) is 5.65 Å². The van der Waals surface area contributed by atoms with Crippen LogP contribution in [0.4, 0.5) is 0 Å². The first-order valence-electron chi connectivity index (χ1n) is 5.65. The number of nitrogens with one attached hydrogen (secondary N) is 1. The van der Waals surface area contributed by atoms with Gasteiger partial charge in [-0.1, -0.05) is 6.07 Å². The molecule has 96 valence electrons. The molecule has 0 atom stereocenters. The van der Waals surface area contributed by atoms with Gasteiger partial charge in [0.2, 0.25) is 0 Å². The largest absolute Gasteiger partial charge is 0.481 e. The van der Waals surface area contributed by atoms with Gasteiger partial charge in [-0.15, -0.1) is 5.10 Å². The molecular weight excluding hydrogens is 236 g/mol. The van der Waals surface area contributed by atoms with Crippen LogP contribution in [0.1, 0.15) is 6.42 Å². The highest BCUT2D eigenvalue weighted by atomic mass is 16.4. The van der Waals surface area contributed by atoms with Gasteiger partial charge in [-0.25, -0.2) is 9.48 Å². The molecule has 0 aliphatic heterocycles. The number of nitrogens with zero attached hydrogens (tertiary/aromatic N) is 3. The van der Waals surface area contributed by atoms with Crippen LogP contribution >= 0.6 is 0 Å². The van der Waals surface area contributed by atoms with Crippen molar-refractivity contribution in [1.82, 2.24) is 19.5 Å². The molecule has 0 fully saturated rings. The maximum atomic E-state index is 11.8. The van der Waals surface area contributed by atoms with Gasteiger partial charge in [-0.05, 0) is 12.1 Å². The first-order chi connectivity index (χ1) is 8.68. The monoisotopic (exact) mass is 250 g/mol. The minimum absolute atomic E-state index is 0.0695. The predicted molar refractivity (Wildman–Crippen MR) is 64.6 cm³/mol. The summed E-state index contributed by atoms with van der Waals surface area (Å²) in [5.74, 6) is -0.840. The zero-order valence-electron chi connectivity index (χ0n) is 9.74. The summed E-state index contributed by atoms with van der Waals surface area (Å²) in [7, 11) is 0. The van der Waals surface area contributed by atoms with Crippen LogP contribution in [0.5, 0.6) is 0 Å². The van der Waals surface area contributed by atoms with Crippen LogP contribution in [0.15, 0.2) is 29.2 Å². The summed E-state index contributed by atoms with van der Waals surface area (Å²) >= 11 is 0. The lowest BCUT2D eigenvalue weighted by Gasteiger charge is -2.01. The lowest BCUT2D eigenvalue weighted by Crippen LogP contribution is -2.28. The molecule has 2 rings (SSSR count). The Morgan fingerprint density at radius 1 is 1.39 bits per heavy atom. The molecule has 0 saturated heterocycles. The Labute approximate surface area is 103 Å². The zero-order valence-corrected chi connectivity index (χ0v) is 9.74. The van der Waals surface area contributed by atoms with E-state index in [4.69, 9.17) is 5.11 Å². The van der Waals surface area contributed by atoms with Crippen LogP contribution in [0, 0.1) is 0 Å². The maximum absolute atomic E-state index is 11.8. The van der Waals surface area contributed by atoms with E-state index in [9.17, 15) is 9.59 Å². The van der Waals surface area contributed by atoms with Gasteiger partial charge in [-0.2, -0.15) is 0 Å². The number of pyridine rings is 1. The minimum Gasteiger partial charge on any atom is -0.481 e. The Kier molecular flexibility index (Phi) is 3.73. The Balaban J connectivity index is 1.94. The van der Waals surface area contributed by atoms with E-state index >= 15 is 0 Å². The second-order valence-electron chi connectivity index (χ2n) is 3.83. The van der Waals surface area contributed by atoms with Crippen molar-refractivity contribution in [2.24, 2.45) is 0 Å². The van der Waals surface area contributed by atoms with Gasteiger partial charge in [0, 0.05) is 19.3 Å².